The minimum absolute atomic E-state index is 0.337. The second-order valence-electron chi connectivity index (χ2n) is 8.10. The van der Waals surface area contributed by atoms with Crippen LogP contribution in [0.4, 0.5) is 30.4 Å². The van der Waals surface area contributed by atoms with Gasteiger partial charge in [-0.25, -0.2) is 24.9 Å². The molecular formula is C25H19F3N8O2. The van der Waals surface area contributed by atoms with Gasteiger partial charge in [-0.15, -0.1) is 0 Å². The fraction of sp³-hybridized carbons (Fsp3) is 0.120. The number of hydrogen-bond acceptors (Lipinski definition) is 8. The van der Waals surface area contributed by atoms with Gasteiger partial charge in [0.1, 0.15) is 40.4 Å². The topological polar surface area (TPSA) is 131 Å². The van der Waals surface area contributed by atoms with Crippen LogP contribution in [0.15, 0.2) is 61.4 Å². The first-order chi connectivity index (χ1) is 18.2. The zero-order valence-electron chi connectivity index (χ0n) is 20.0. The van der Waals surface area contributed by atoms with Crippen LogP contribution >= 0.6 is 0 Å². The zero-order chi connectivity index (χ0) is 26.9. The highest BCUT2D eigenvalue weighted by molar-refractivity contribution is 6.03. The predicted molar refractivity (Wildman–Crippen MR) is 133 cm³/mol. The first-order valence-corrected chi connectivity index (χ1v) is 11.1. The number of aryl methyl sites for hydroxylation is 1. The molecule has 0 aliphatic carbocycles. The van der Waals surface area contributed by atoms with Crippen molar-refractivity contribution in [3.8, 4) is 17.0 Å². The van der Waals surface area contributed by atoms with Crippen LogP contribution in [-0.2, 0) is 6.18 Å². The van der Waals surface area contributed by atoms with Crippen LogP contribution in [0.25, 0.3) is 22.4 Å². The Morgan fingerprint density at radius 3 is 2.68 bits per heavy atom. The molecule has 38 heavy (non-hydrogen) atoms. The Kier molecular flexibility index (Phi) is 6.33. The average molecular weight is 520 g/mol. The quantitative estimate of drug-likeness (QED) is 0.281. The third kappa shape index (κ3) is 4.81. The van der Waals surface area contributed by atoms with Crippen LogP contribution in [0.2, 0.25) is 0 Å². The lowest BCUT2D eigenvalue weighted by molar-refractivity contribution is -0.138. The molecule has 1 aromatic carbocycles. The maximum Gasteiger partial charge on any atom is 0.420 e. The van der Waals surface area contributed by atoms with Crippen LogP contribution in [-0.4, -0.2) is 42.9 Å². The van der Waals surface area contributed by atoms with E-state index in [1.54, 1.807) is 30.5 Å². The van der Waals surface area contributed by atoms with Crippen molar-refractivity contribution in [3.05, 3.63) is 78.3 Å². The van der Waals surface area contributed by atoms with Crippen LogP contribution in [0, 0.1) is 6.92 Å². The Balaban J connectivity index is 1.43. The van der Waals surface area contributed by atoms with Crippen LogP contribution in [0.5, 0.6) is 5.75 Å². The number of alkyl halides is 3. The van der Waals surface area contributed by atoms with Gasteiger partial charge in [0.25, 0.3) is 5.91 Å². The van der Waals surface area contributed by atoms with E-state index in [1.165, 1.54) is 12.7 Å². The number of ether oxygens (including phenoxy) is 1. The molecule has 0 saturated carbocycles. The maximum absolute atomic E-state index is 13.4. The summed E-state index contributed by atoms with van der Waals surface area (Å²) in [6.07, 6.45) is 0.717. The number of rotatable bonds is 6. The summed E-state index contributed by atoms with van der Waals surface area (Å²) in [4.78, 5) is 36.8. The number of anilines is 3. The van der Waals surface area contributed by atoms with Gasteiger partial charge in [0.2, 0.25) is 0 Å². The highest BCUT2D eigenvalue weighted by atomic mass is 19.4. The van der Waals surface area contributed by atoms with Gasteiger partial charge in [-0.1, -0.05) is 6.07 Å². The summed E-state index contributed by atoms with van der Waals surface area (Å²) in [6, 6.07) is 9.27. The number of fused-ring (bicyclic) bond motifs is 1. The number of carbonyl (C=O) groups is 1. The Labute approximate surface area is 213 Å². The largest absolute Gasteiger partial charge is 0.495 e. The minimum Gasteiger partial charge on any atom is -0.495 e. The number of amides is 1. The van der Waals surface area contributed by atoms with E-state index in [4.69, 9.17) is 4.74 Å². The predicted octanol–water partition coefficient (Wildman–Crippen LogP) is 5.14. The number of H-pyrrole nitrogens is 1. The smallest absolute Gasteiger partial charge is 0.420 e. The van der Waals surface area contributed by atoms with E-state index >= 15 is 0 Å². The molecule has 1 amide bonds. The highest BCUT2D eigenvalue weighted by Crippen LogP contribution is 2.36. The van der Waals surface area contributed by atoms with Crippen molar-refractivity contribution in [2.75, 3.05) is 17.7 Å². The number of benzene rings is 1. The molecule has 0 fully saturated rings. The number of aromatic amines is 1. The number of methoxy groups -OCH3 is 1. The van der Waals surface area contributed by atoms with Crippen LogP contribution in [0.3, 0.4) is 0 Å². The summed E-state index contributed by atoms with van der Waals surface area (Å²) >= 11 is 0. The Morgan fingerprint density at radius 1 is 1.05 bits per heavy atom. The van der Waals surface area contributed by atoms with E-state index in [2.05, 4.69) is 40.5 Å². The lowest BCUT2D eigenvalue weighted by Gasteiger charge is -2.15. The molecule has 192 valence electrons. The van der Waals surface area contributed by atoms with E-state index in [9.17, 15) is 18.0 Å². The van der Waals surface area contributed by atoms with Gasteiger partial charge in [0.05, 0.1) is 19.6 Å². The molecule has 0 aliphatic rings. The molecule has 4 heterocycles. The third-order valence-electron chi connectivity index (χ3n) is 5.65. The molecule has 0 unspecified atom stereocenters. The SMILES string of the molecule is COc1cnc(C(=O)Nc2ccc(C)c(Nc3ncccc3-c3ncnc4[nH]cnc34)c2)cc1C(F)(F)F. The van der Waals surface area contributed by atoms with Gasteiger partial charge >= 0.3 is 6.18 Å². The van der Waals surface area contributed by atoms with Crippen LogP contribution in [0.1, 0.15) is 21.6 Å². The number of aromatic nitrogens is 6. The van der Waals surface area contributed by atoms with Crippen molar-refractivity contribution in [1.82, 2.24) is 29.9 Å². The first-order valence-electron chi connectivity index (χ1n) is 11.1. The maximum atomic E-state index is 13.4. The fourth-order valence-electron chi connectivity index (χ4n) is 3.77. The Bertz CT molecular complexity index is 1650. The molecule has 0 radical (unpaired) electrons. The molecule has 0 atom stereocenters. The summed E-state index contributed by atoms with van der Waals surface area (Å²) < 4.78 is 44.8. The molecule has 0 saturated heterocycles. The van der Waals surface area contributed by atoms with Crippen molar-refractivity contribution >= 4 is 34.3 Å². The van der Waals surface area contributed by atoms with Crippen molar-refractivity contribution in [2.45, 2.75) is 13.1 Å². The molecule has 3 N–H and O–H groups in total. The lowest BCUT2D eigenvalue weighted by Crippen LogP contribution is -2.16. The van der Waals surface area contributed by atoms with Crippen molar-refractivity contribution in [1.29, 1.82) is 0 Å². The highest BCUT2D eigenvalue weighted by Gasteiger charge is 2.35. The Hall–Kier alpha value is -5.07. The summed E-state index contributed by atoms with van der Waals surface area (Å²) in [5, 5.41) is 5.84. The molecule has 5 rings (SSSR count). The number of pyridine rings is 2. The van der Waals surface area contributed by atoms with Crippen molar-refractivity contribution < 1.29 is 22.7 Å². The van der Waals surface area contributed by atoms with Crippen molar-refractivity contribution in [2.24, 2.45) is 0 Å². The molecular weight excluding hydrogens is 501 g/mol. The van der Waals surface area contributed by atoms with E-state index in [0.717, 1.165) is 18.9 Å². The number of imidazole rings is 1. The molecule has 5 aromatic rings. The van der Waals surface area contributed by atoms with Crippen molar-refractivity contribution in [3.63, 3.8) is 0 Å². The first kappa shape index (κ1) is 24.6. The zero-order valence-corrected chi connectivity index (χ0v) is 20.0. The number of hydrogen-bond donors (Lipinski definition) is 3. The van der Waals surface area contributed by atoms with E-state index in [-0.39, 0.29) is 0 Å². The monoisotopic (exact) mass is 520 g/mol. The molecule has 10 nitrogen and oxygen atoms in total. The van der Waals surface area contributed by atoms with E-state index in [1.807, 2.05) is 13.0 Å². The molecule has 4 aromatic heterocycles. The number of nitrogens with one attached hydrogen (secondary N) is 3. The molecule has 0 bridgehead atoms. The molecule has 0 aliphatic heterocycles. The van der Waals surface area contributed by atoms with Gasteiger partial charge in [-0.3, -0.25) is 4.79 Å². The minimum atomic E-state index is -4.71. The van der Waals surface area contributed by atoms with Gasteiger partial charge in [0, 0.05) is 23.1 Å². The number of nitrogens with zero attached hydrogens (tertiary/aromatic N) is 5. The van der Waals surface area contributed by atoms with Gasteiger partial charge in [0.15, 0.2) is 5.65 Å². The van der Waals surface area contributed by atoms with Gasteiger partial charge in [-0.05, 0) is 42.8 Å². The van der Waals surface area contributed by atoms with Gasteiger partial charge < -0.3 is 20.4 Å². The van der Waals surface area contributed by atoms with E-state index in [0.29, 0.717) is 45.7 Å². The summed E-state index contributed by atoms with van der Waals surface area (Å²) in [5.41, 5.74) is 2.66. The fourth-order valence-corrected chi connectivity index (χ4v) is 3.77. The average Bonchev–Trinajstić information content (AvgIpc) is 3.39. The van der Waals surface area contributed by atoms with Gasteiger partial charge in [-0.2, -0.15) is 13.2 Å². The summed E-state index contributed by atoms with van der Waals surface area (Å²) in [5.74, 6) is -0.806. The number of carbonyl (C=O) groups excluding carboxylic acids is 1. The lowest BCUT2D eigenvalue weighted by atomic mass is 10.1. The standard InChI is InChI=1S/C25H19F3N8O2/c1-13-5-6-14(35-24(37)18-9-16(25(26,27)28)19(38-2)10-30-18)8-17(13)36-22-15(4-3-7-29-22)20-21-23(33-11-31-20)34-12-32-21/h3-12H,1-2H3,(H,29,36)(H,35,37)(H,31,32,33,34). The third-order valence-corrected chi connectivity index (χ3v) is 5.65. The van der Waals surface area contributed by atoms with E-state index < -0.39 is 29.1 Å². The van der Waals surface area contributed by atoms with Crippen LogP contribution < -0.4 is 15.4 Å². The normalized spacial score (nSPS) is 11.4. The molecule has 0 spiro atoms. The summed E-state index contributed by atoms with van der Waals surface area (Å²) in [7, 11) is 1.10. The second-order valence-corrected chi connectivity index (χ2v) is 8.10. The Morgan fingerprint density at radius 2 is 1.89 bits per heavy atom. The molecule has 13 heteroatoms. The second kappa shape index (κ2) is 9.76. The number of halogens is 3. The summed E-state index contributed by atoms with van der Waals surface area (Å²) in [6.45, 7) is 1.85.